The molecule has 0 radical (unpaired) electrons. The maximum absolute atomic E-state index is 12.5. The van der Waals surface area contributed by atoms with Gasteiger partial charge in [0.15, 0.2) is 0 Å². The van der Waals surface area contributed by atoms with Crippen molar-refractivity contribution in [3.63, 3.8) is 0 Å². The molecule has 0 aromatic heterocycles. The molecule has 4 N–H and O–H groups in total. The molecular formula is C14H21N3O. The van der Waals surface area contributed by atoms with Crippen molar-refractivity contribution in [1.29, 1.82) is 0 Å². The van der Waals surface area contributed by atoms with Gasteiger partial charge < -0.3 is 16.4 Å². The van der Waals surface area contributed by atoms with Crippen molar-refractivity contribution in [2.24, 2.45) is 5.73 Å². The minimum atomic E-state index is -0.387. The Kier molecular flexibility index (Phi) is 4.33. The first-order chi connectivity index (χ1) is 8.79. The zero-order valence-corrected chi connectivity index (χ0v) is 10.6. The Bertz CT molecular complexity index is 385. The summed E-state index contributed by atoms with van der Waals surface area (Å²) in [5.74, 6) is 0.112. The lowest BCUT2D eigenvalue weighted by Crippen LogP contribution is -2.51. The molecule has 4 nitrogen and oxygen atoms in total. The Morgan fingerprint density at radius 1 is 1.28 bits per heavy atom. The fourth-order valence-corrected chi connectivity index (χ4v) is 2.61. The van der Waals surface area contributed by atoms with Gasteiger partial charge in [0, 0.05) is 13.1 Å². The van der Waals surface area contributed by atoms with Gasteiger partial charge in [-0.2, -0.15) is 0 Å². The monoisotopic (exact) mass is 247 g/mol. The SMILES string of the molecule is NCCNC(=O)C1(c2ccccc2)CCNCC1. The van der Waals surface area contributed by atoms with Crippen molar-refractivity contribution in [2.75, 3.05) is 26.2 Å². The maximum atomic E-state index is 12.5. The molecular weight excluding hydrogens is 226 g/mol. The van der Waals surface area contributed by atoms with Gasteiger partial charge in [0.2, 0.25) is 5.91 Å². The second-order valence-electron chi connectivity index (χ2n) is 4.74. The number of piperidine rings is 1. The standard InChI is InChI=1S/C14H21N3O/c15-8-11-17-13(18)14(6-9-16-10-7-14)12-4-2-1-3-5-12/h1-5,16H,6-11,15H2,(H,17,18). The predicted octanol–water partition coefficient (Wildman–Crippen LogP) is 0.383. The minimum Gasteiger partial charge on any atom is -0.354 e. The van der Waals surface area contributed by atoms with Crippen LogP contribution in [0.1, 0.15) is 18.4 Å². The molecule has 0 spiro atoms. The topological polar surface area (TPSA) is 67.1 Å². The van der Waals surface area contributed by atoms with Gasteiger partial charge in [-0.25, -0.2) is 0 Å². The molecule has 1 amide bonds. The van der Waals surface area contributed by atoms with E-state index < -0.39 is 0 Å². The normalized spacial score (nSPS) is 18.3. The van der Waals surface area contributed by atoms with Crippen LogP contribution in [0.25, 0.3) is 0 Å². The number of nitrogens with one attached hydrogen (secondary N) is 2. The van der Waals surface area contributed by atoms with Gasteiger partial charge in [-0.3, -0.25) is 4.79 Å². The number of nitrogens with two attached hydrogens (primary N) is 1. The van der Waals surface area contributed by atoms with Crippen molar-refractivity contribution in [1.82, 2.24) is 10.6 Å². The molecule has 0 unspecified atom stereocenters. The molecule has 1 saturated heterocycles. The Morgan fingerprint density at radius 3 is 2.56 bits per heavy atom. The van der Waals surface area contributed by atoms with Crippen molar-refractivity contribution in [3.05, 3.63) is 35.9 Å². The molecule has 18 heavy (non-hydrogen) atoms. The first-order valence-electron chi connectivity index (χ1n) is 6.54. The first-order valence-corrected chi connectivity index (χ1v) is 6.54. The summed E-state index contributed by atoms with van der Waals surface area (Å²) in [5.41, 5.74) is 6.19. The fraction of sp³-hybridized carbons (Fsp3) is 0.500. The van der Waals surface area contributed by atoms with Crippen LogP contribution in [0, 0.1) is 0 Å². The van der Waals surface area contributed by atoms with Gasteiger partial charge in [0.05, 0.1) is 5.41 Å². The molecule has 4 heteroatoms. The number of carbonyl (C=O) groups excluding carboxylic acids is 1. The van der Waals surface area contributed by atoms with Gasteiger partial charge in [0.1, 0.15) is 0 Å². The van der Waals surface area contributed by atoms with Crippen LogP contribution in [-0.4, -0.2) is 32.1 Å². The lowest BCUT2D eigenvalue weighted by atomic mass is 9.72. The van der Waals surface area contributed by atoms with E-state index in [1.807, 2.05) is 30.3 Å². The molecule has 1 fully saturated rings. The number of carbonyl (C=O) groups is 1. The Balaban J connectivity index is 2.25. The van der Waals surface area contributed by atoms with Crippen LogP contribution in [0.3, 0.4) is 0 Å². The molecule has 0 atom stereocenters. The van der Waals surface area contributed by atoms with Crippen LogP contribution in [-0.2, 0) is 10.2 Å². The van der Waals surface area contributed by atoms with Gasteiger partial charge in [-0.1, -0.05) is 30.3 Å². The molecule has 1 aromatic carbocycles. The highest BCUT2D eigenvalue weighted by Gasteiger charge is 2.40. The fourth-order valence-electron chi connectivity index (χ4n) is 2.61. The van der Waals surface area contributed by atoms with Crippen molar-refractivity contribution < 1.29 is 4.79 Å². The summed E-state index contributed by atoms with van der Waals surface area (Å²) >= 11 is 0. The summed E-state index contributed by atoms with van der Waals surface area (Å²) in [6.45, 7) is 2.78. The minimum absolute atomic E-state index is 0.112. The predicted molar refractivity (Wildman–Crippen MR) is 72.3 cm³/mol. The van der Waals surface area contributed by atoms with E-state index in [1.165, 1.54) is 0 Å². The smallest absolute Gasteiger partial charge is 0.230 e. The molecule has 1 aliphatic rings. The lowest BCUT2D eigenvalue weighted by Gasteiger charge is -2.36. The largest absolute Gasteiger partial charge is 0.354 e. The zero-order chi connectivity index (χ0) is 12.8. The van der Waals surface area contributed by atoms with Crippen LogP contribution in [0.4, 0.5) is 0 Å². The first kappa shape index (κ1) is 13.1. The highest BCUT2D eigenvalue weighted by atomic mass is 16.2. The van der Waals surface area contributed by atoms with E-state index in [-0.39, 0.29) is 11.3 Å². The molecule has 0 bridgehead atoms. The molecule has 2 rings (SSSR count). The van der Waals surface area contributed by atoms with Crippen molar-refractivity contribution >= 4 is 5.91 Å². The third kappa shape index (κ3) is 2.54. The Labute approximate surface area is 108 Å². The third-order valence-corrected chi connectivity index (χ3v) is 3.65. The van der Waals surface area contributed by atoms with E-state index in [9.17, 15) is 4.79 Å². The zero-order valence-electron chi connectivity index (χ0n) is 10.6. The average molecular weight is 247 g/mol. The molecule has 0 saturated carbocycles. The van der Waals surface area contributed by atoms with Crippen molar-refractivity contribution in [3.8, 4) is 0 Å². The summed E-state index contributed by atoms with van der Waals surface area (Å²) in [6, 6.07) is 10.1. The van der Waals surface area contributed by atoms with E-state index in [4.69, 9.17) is 5.73 Å². The third-order valence-electron chi connectivity index (χ3n) is 3.65. The average Bonchev–Trinajstić information content (AvgIpc) is 2.46. The van der Waals surface area contributed by atoms with Crippen LogP contribution in [0.2, 0.25) is 0 Å². The summed E-state index contributed by atoms with van der Waals surface area (Å²) in [4.78, 5) is 12.5. The Hall–Kier alpha value is -1.39. The van der Waals surface area contributed by atoms with Gasteiger partial charge in [0.25, 0.3) is 0 Å². The van der Waals surface area contributed by atoms with Gasteiger partial charge in [-0.05, 0) is 31.5 Å². The maximum Gasteiger partial charge on any atom is 0.230 e. The van der Waals surface area contributed by atoms with Gasteiger partial charge >= 0.3 is 0 Å². The van der Waals surface area contributed by atoms with Crippen LogP contribution in [0.5, 0.6) is 0 Å². The molecule has 1 aliphatic heterocycles. The highest BCUT2D eigenvalue weighted by molar-refractivity contribution is 5.88. The Morgan fingerprint density at radius 2 is 1.94 bits per heavy atom. The number of hydrogen-bond donors (Lipinski definition) is 3. The van der Waals surface area contributed by atoms with E-state index in [1.54, 1.807) is 0 Å². The number of benzene rings is 1. The molecule has 1 aromatic rings. The van der Waals surface area contributed by atoms with Crippen LogP contribution in [0.15, 0.2) is 30.3 Å². The summed E-state index contributed by atoms with van der Waals surface area (Å²) in [7, 11) is 0. The van der Waals surface area contributed by atoms with E-state index in [2.05, 4.69) is 10.6 Å². The van der Waals surface area contributed by atoms with E-state index in [0.29, 0.717) is 13.1 Å². The lowest BCUT2D eigenvalue weighted by molar-refractivity contribution is -0.127. The molecule has 0 aliphatic carbocycles. The summed E-state index contributed by atoms with van der Waals surface area (Å²) < 4.78 is 0. The molecule has 98 valence electrons. The number of amides is 1. The number of hydrogen-bond acceptors (Lipinski definition) is 3. The van der Waals surface area contributed by atoms with Crippen LogP contribution >= 0.6 is 0 Å². The summed E-state index contributed by atoms with van der Waals surface area (Å²) in [6.07, 6.45) is 1.68. The van der Waals surface area contributed by atoms with E-state index >= 15 is 0 Å². The summed E-state index contributed by atoms with van der Waals surface area (Å²) in [5, 5.41) is 6.27. The quantitative estimate of drug-likeness (QED) is 0.720. The van der Waals surface area contributed by atoms with E-state index in [0.717, 1.165) is 31.5 Å². The molecule has 1 heterocycles. The van der Waals surface area contributed by atoms with Crippen LogP contribution < -0.4 is 16.4 Å². The van der Waals surface area contributed by atoms with Gasteiger partial charge in [-0.15, -0.1) is 0 Å². The van der Waals surface area contributed by atoms with Crippen molar-refractivity contribution in [2.45, 2.75) is 18.3 Å². The number of rotatable bonds is 4. The second kappa shape index (κ2) is 5.98. The second-order valence-corrected chi connectivity index (χ2v) is 4.74. The highest BCUT2D eigenvalue weighted by Crippen LogP contribution is 2.33.